The lowest BCUT2D eigenvalue weighted by molar-refractivity contribution is 0.596. The third-order valence-corrected chi connectivity index (χ3v) is 5.54. The second kappa shape index (κ2) is 7.03. The van der Waals surface area contributed by atoms with Crippen molar-refractivity contribution in [2.75, 3.05) is 21.5 Å². The molecule has 23 heavy (non-hydrogen) atoms. The summed E-state index contributed by atoms with van der Waals surface area (Å²) in [7, 11) is -11.9. The van der Waals surface area contributed by atoms with Gasteiger partial charge in [-0.15, -0.1) is 0 Å². The van der Waals surface area contributed by atoms with Crippen LogP contribution in [0.4, 0.5) is 11.4 Å². The third-order valence-electron chi connectivity index (χ3n) is 2.65. The van der Waals surface area contributed by atoms with Crippen LogP contribution in [0.2, 0.25) is 0 Å². The van der Waals surface area contributed by atoms with Gasteiger partial charge in [-0.05, 0) is 18.6 Å². The molecule has 9 nitrogen and oxygen atoms in total. The largest absolute Gasteiger partial charge is 0.282 e. The van der Waals surface area contributed by atoms with Gasteiger partial charge in [0.05, 0.1) is 23.4 Å². The number of anilines is 2. The van der Waals surface area contributed by atoms with Crippen molar-refractivity contribution in [2.45, 2.75) is 24.7 Å². The fourth-order valence-corrected chi connectivity index (χ4v) is 4.35. The first kappa shape index (κ1) is 19.7. The Hall–Kier alpha value is -1.37. The molecule has 1 aromatic rings. The number of benzene rings is 1. The minimum atomic E-state index is -4.27. The van der Waals surface area contributed by atoms with Gasteiger partial charge < -0.3 is 0 Å². The lowest BCUT2D eigenvalue weighted by atomic mass is 10.3. The van der Waals surface area contributed by atoms with Crippen molar-refractivity contribution < 1.29 is 25.3 Å². The molecule has 4 N–H and O–H groups in total. The summed E-state index contributed by atoms with van der Waals surface area (Å²) in [5, 5.41) is 5.07. The SMILES string of the molecule is CCCCS(=O)(=O)Nc1c(NS(C)(=O)=O)cccc1S(N)(=O)=O. The predicted octanol–water partition coefficient (Wildman–Crippen LogP) is 0.247. The zero-order chi connectivity index (χ0) is 17.9. The highest BCUT2D eigenvalue weighted by Gasteiger charge is 2.22. The fraction of sp³-hybridized carbons (Fsp3) is 0.455. The summed E-state index contributed by atoms with van der Waals surface area (Å²) in [4.78, 5) is -0.522. The van der Waals surface area contributed by atoms with Crippen LogP contribution in [0.3, 0.4) is 0 Å². The van der Waals surface area contributed by atoms with E-state index in [-0.39, 0.29) is 11.4 Å². The fourth-order valence-electron chi connectivity index (χ4n) is 1.70. The Morgan fingerprint density at radius 3 is 2.13 bits per heavy atom. The van der Waals surface area contributed by atoms with Crippen LogP contribution in [0, 0.1) is 0 Å². The molecule has 1 rings (SSSR count). The van der Waals surface area contributed by atoms with Gasteiger partial charge in [0, 0.05) is 0 Å². The van der Waals surface area contributed by atoms with Crippen molar-refractivity contribution in [1.82, 2.24) is 0 Å². The summed E-state index contributed by atoms with van der Waals surface area (Å²) < 4.78 is 74.3. The van der Waals surface area contributed by atoms with Crippen molar-refractivity contribution in [2.24, 2.45) is 5.14 Å². The van der Waals surface area contributed by atoms with E-state index in [2.05, 4.69) is 9.44 Å². The van der Waals surface area contributed by atoms with Gasteiger partial charge in [-0.1, -0.05) is 19.4 Å². The Labute approximate surface area is 136 Å². The van der Waals surface area contributed by atoms with Crippen LogP contribution >= 0.6 is 0 Å². The van der Waals surface area contributed by atoms with Crippen LogP contribution in [0.15, 0.2) is 23.1 Å². The van der Waals surface area contributed by atoms with Gasteiger partial charge in [0.1, 0.15) is 4.90 Å². The number of sulfonamides is 3. The molecule has 0 amide bonds. The molecule has 0 atom stereocenters. The normalized spacial score (nSPS) is 12.8. The monoisotopic (exact) mass is 385 g/mol. The maximum absolute atomic E-state index is 12.0. The van der Waals surface area contributed by atoms with Gasteiger partial charge in [0.25, 0.3) is 0 Å². The Bertz CT molecular complexity index is 876. The van der Waals surface area contributed by atoms with E-state index in [9.17, 15) is 25.3 Å². The van der Waals surface area contributed by atoms with Crippen molar-refractivity contribution >= 4 is 41.4 Å². The van der Waals surface area contributed by atoms with Crippen molar-refractivity contribution in [1.29, 1.82) is 0 Å². The molecule has 0 unspecified atom stereocenters. The van der Waals surface area contributed by atoms with E-state index in [1.165, 1.54) is 12.1 Å². The minimum absolute atomic E-state index is 0.223. The van der Waals surface area contributed by atoms with Crippen molar-refractivity contribution in [3.63, 3.8) is 0 Å². The molecule has 0 aromatic heterocycles. The third kappa shape index (κ3) is 6.33. The van der Waals surface area contributed by atoms with Crippen LogP contribution < -0.4 is 14.6 Å². The molecule has 0 radical (unpaired) electrons. The lowest BCUT2D eigenvalue weighted by Crippen LogP contribution is -2.22. The summed E-state index contributed by atoms with van der Waals surface area (Å²) in [6, 6.07) is 3.56. The molecule has 1 aromatic carbocycles. The Morgan fingerprint density at radius 2 is 1.65 bits per heavy atom. The Balaban J connectivity index is 3.46. The van der Waals surface area contributed by atoms with Crippen LogP contribution in [0.25, 0.3) is 0 Å². The molecular weight excluding hydrogens is 366 g/mol. The highest BCUT2D eigenvalue weighted by atomic mass is 32.2. The van der Waals surface area contributed by atoms with E-state index in [1.54, 1.807) is 6.92 Å². The Morgan fingerprint density at radius 1 is 1.04 bits per heavy atom. The van der Waals surface area contributed by atoms with E-state index < -0.39 is 40.7 Å². The highest BCUT2D eigenvalue weighted by Crippen LogP contribution is 2.31. The molecular formula is C11H19N3O6S3. The summed E-state index contributed by atoms with van der Waals surface area (Å²) >= 11 is 0. The smallest absolute Gasteiger partial charge is 0.240 e. The summed E-state index contributed by atoms with van der Waals surface area (Å²) in [5.41, 5.74) is -0.643. The van der Waals surface area contributed by atoms with Crippen molar-refractivity contribution in [3.8, 4) is 0 Å². The summed E-state index contributed by atoms with van der Waals surface area (Å²) in [6.45, 7) is 1.80. The number of hydrogen-bond donors (Lipinski definition) is 3. The average molecular weight is 385 g/mol. The molecule has 0 fully saturated rings. The number of para-hydroxylation sites is 1. The van der Waals surface area contributed by atoms with Crippen LogP contribution in [0.5, 0.6) is 0 Å². The first-order chi connectivity index (χ1) is 10.4. The summed E-state index contributed by atoms with van der Waals surface area (Å²) in [6.07, 6.45) is 1.83. The van der Waals surface area contributed by atoms with Gasteiger partial charge in [0.2, 0.25) is 30.1 Å². The molecule has 0 bridgehead atoms. The quantitative estimate of drug-likeness (QED) is 0.583. The number of nitrogens with two attached hydrogens (primary N) is 1. The molecule has 0 aliphatic rings. The maximum atomic E-state index is 12.0. The van der Waals surface area contributed by atoms with E-state index in [4.69, 9.17) is 5.14 Å². The highest BCUT2D eigenvalue weighted by molar-refractivity contribution is 7.93. The zero-order valence-corrected chi connectivity index (χ0v) is 15.1. The number of unbranched alkanes of at least 4 members (excludes halogenated alkanes) is 1. The van der Waals surface area contributed by atoms with Gasteiger partial charge in [-0.25, -0.2) is 30.4 Å². The van der Waals surface area contributed by atoms with Crippen LogP contribution in [-0.2, 0) is 30.1 Å². The predicted molar refractivity (Wildman–Crippen MR) is 88.6 cm³/mol. The molecule has 12 heteroatoms. The number of primary sulfonamides is 1. The van der Waals surface area contributed by atoms with Crippen molar-refractivity contribution in [3.05, 3.63) is 18.2 Å². The number of rotatable bonds is 8. The van der Waals surface area contributed by atoms with E-state index in [1.807, 2.05) is 0 Å². The second-order valence-electron chi connectivity index (χ2n) is 4.87. The lowest BCUT2D eigenvalue weighted by Gasteiger charge is -2.16. The average Bonchev–Trinajstić information content (AvgIpc) is 2.35. The van der Waals surface area contributed by atoms with Gasteiger partial charge >= 0.3 is 0 Å². The molecule has 0 aliphatic heterocycles. The molecule has 0 aliphatic carbocycles. The van der Waals surface area contributed by atoms with E-state index in [0.29, 0.717) is 12.8 Å². The maximum Gasteiger partial charge on any atom is 0.240 e. The molecule has 0 saturated carbocycles. The molecule has 0 spiro atoms. The second-order valence-corrected chi connectivity index (χ2v) is 9.99. The zero-order valence-electron chi connectivity index (χ0n) is 12.6. The molecule has 0 saturated heterocycles. The van der Waals surface area contributed by atoms with E-state index in [0.717, 1.165) is 12.3 Å². The van der Waals surface area contributed by atoms with Gasteiger partial charge in [-0.2, -0.15) is 0 Å². The summed E-state index contributed by atoms with van der Waals surface area (Å²) in [5.74, 6) is -0.235. The van der Waals surface area contributed by atoms with Gasteiger partial charge in [-0.3, -0.25) is 9.44 Å². The topological polar surface area (TPSA) is 152 Å². The van der Waals surface area contributed by atoms with Crippen LogP contribution in [0.1, 0.15) is 19.8 Å². The standard InChI is InChI=1S/C11H19N3O6S3/c1-3-4-8-22(17,18)14-11-9(13-21(2,15)16)6-5-7-10(11)23(12,19)20/h5-7,13-14H,3-4,8H2,1-2H3,(H2,12,19,20). The minimum Gasteiger partial charge on any atom is -0.282 e. The molecule has 132 valence electrons. The van der Waals surface area contributed by atoms with Crippen LogP contribution in [-0.4, -0.2) is 37.3 Å². The van der Waals surface area contributed by atoms with Gasteiger partial charge in [0.15, 0.2) is 0 Å². The van der Waals surface area contributed by atoms with E-state index >= 15 is 0 Å². The molecule has 0 heterocycles. The first-order valence-corrected chi connectivity index (χ1v) is 11.6. The number of nitrogens with one attached hydrogen (secondary N) is 2. The number of hydrogen-bond acceptors (Lipinski definition) is 6. The Kier molecular flexibility index (Phi) is 6.01. The first-order valence-electron chi connectivity index (χ1n) is 6.50.